The minimum Gasteiger partial charge on any atom is -0.372 e. The molecular formula is C25H29FN2O2. The molecule has 1 aliphatic rings. The van der Waals surface area contributed by atoms with Crippen LogP contribution < -0.4 is 0 Å². The van der Waals surface area contributed by atoms with Crippen molar-refractivity contribution in [1.29, 1.82) is 0 Å². The van der Waals surface area contributed by atoms with Crippen molar-refractivity contribution in [2.45, 2.75) is 51.7 Å². The summed E-state index contributed by atoms with van der Waals surface area (Å²) in [6, 6.07) is 12.9. The molecule has 158 valence electrons. The van der Waals surface area contributed by atoms with Gasteiger partial charge in [0.05, 0.1) is 12.2 Å². The normalized spacial score (nSPS) is 20.5. The monoisotopic (exact) mass is 408 g/mol. The Morgan fingerprint density at radius 2 is 1.93 bits per heavy atom. The van der Waals surface area contributed by atoms with Gasteiger partial charge in [-0.15, -0.1) is 0 Å². The van der Waals surface area contributed by atoms with Crippen LogP contribution in [0.5, 0.6) is 0 Å². The number of hydrogen-bond donors (Lipinski definition) is 1. The lowest BCUT2D eigenvalue weighted by atomic mass is 9.87. The van der Waals surface area contributed by atoms with Crippen molar-refractivity contribution in [3.8, 4) is 0 Å². The summed E-state index contributed by atoms with van der Waals surface area (Å²) in [4.78, 5) is 18.6. The van der Waals surface area contributed by atoms with Crippen LogP contribution in [0.2, 0.25) is 0 Å². The zero-order chi connectivity index (χ0) is 21.3. The molecule has 1 fully saturated rings. The van der Waals surface area contributed by atoms with Crippen LogP contribution in [0.3, 0.4) is 0 Å². The summed E-state index contributed by atoms with van der Waals surface area (Å²) in [5, 5.41) is 1.10. The molecule has 2 heterocycles. The molecule has 1 N–H and O–H groups in total. The number of benzene rings is 2. The molecule has 4 rings (SSSR count). The van der Waals surface area contributed by atoms with Crippen LogP contribution in [0.25, 0.3) is 10.9 Å². The van der Waals surface area contributed by atoms with Gasteiger partial charge in [-0.3, -0.25) is 4.79 Å². The summed E-state index contributed by atoms with van der Waals surface area (Å²) < 4.78 is 19.9. The van der Waals surface area contributed by atoms with Crippen LogP contribution in [0.4, 0.5) is 4.39 Å². The van der Waals surface area contributed by atoms with Crippen molar-refractivity contribution in [2.24, 2.45) is 0 Å². The molecule has 1 aliphatic heterocycles. The first-order chi connectivity index (χ1) is 14.5. The van der Waals surface area contributed by atoms with Gasteiger partial charge >= 0.3 is 0 Å². The zero-order valence-electron chi connectivity index (χ0n) is 17.8. The van der Waals surface area contributed by atoms with E-state index >= 15 is 0 Å². The topological polar surface area (TPSA) is 45.3 Å². The van der Waals surface area contributed by atoms with E-state index in [0.29, 0.717) is 19.5 Å². The van der Waals surface area contributed by atoms with E-state index in [4.69, 9.17) is 4.74 Å². The molecule has 0 saturated carbocycles. The smallest absolute Gasteiger partial charge is 0.223 e. The predicted octanol–water partition coefficient (Wildman–Crippen LogP) is 5.03. The third-order valence-corrected chi connectivity index (χ3v) is 5.99. The van der Waals surface area contributed by atoms with Crippen molar-refractivity contribution in [2.75, 3.05) is 13.1 Å². The van der Waals surface area contributed by atoms with Gasteiger partial charge in [0.1, 0.15) is 5.82 Å². The van der Waals surface area contributed by atoms with Crippen molar-refractivity contribution >= 4 is 16.8 Å². The average molecular weight is 409 g/mol. The molecule has 1 saturated heterocycles. The summed E-state index contributed by atoms with van der Waals surface area (Å²) in [7, 11) is 0. The van der Waals surface area contributed by atoms with E-state index < -0.39 is 0 Å². The molecule has 0 spiro atoms. The SMILES string of the molecule is CCc1cccc2c(C(CC(=O)N3CC(C)OC(C)C3)c3cccc(F)c3)c[nH]c12. The standard InChI is InChI=1S/C25H29FN2O2/c1-4-18-7-6-10-21-23(13-27-25(18)21)22(19-8-5-9-20(26)11-19)12-24(29)28-14-16(2)30-17(3)15-28/h5-11,13,16-17,22,27H,4,12,14-15H2,1-3H3. The maximum Gasteiger partial charge on any atom is 0.223 e. The Morgan fingerprint density at radius 3 is 2.63 bits per heavy atom. The largest absolute Gasteiger partial charge is 0.372 e. The summed E-state index contributed by atoms with van der Waals surface area (Å²) in [6.45, 7) is 7.29. The van der Waals surface area contributed by atoms with Crippen molar-refractivity contribution in [3.63, 3.8) is 0 Å². The molecular weight excluding hydrogens is 379 g/mol. The van der Waals surface area contributed by atoms with Crippen molar-refractivity contribution in [1.82, 2.24) is 9.88 Å². The molecule has 2 aromatic carbocycles. The molecule has 0 aliphatic carbocycles. The van der Waals surface area contributed by atoms with Crippen LogP contribution >= 0.6 is 0 Å². The molecule has 0 bridgehead atoms. The highest BCUT2D eigenvalue weighted by atomic mass is 19.1. The third kappa shape index (κ3) is 4.12. The van der Waals surface area contributed by atoms with E-state index in [1.807, 2.05) is 37.1 Å². The fourth-order valence-electron chi connectivity index (χ4n) is 4.64. The van der Waals surface area contributed by atoms with Gasteiger partial charge in [0.25, 0.3) is 0 Å². The molecule has 1 aromatic heterocycles. The second-order valence-corrected chi connectivity index (χ2v) is 8.31. The molecule has 30 heavy (non-hydrogen) atoms. The fourth-order valence-corrected chi connectivity index (χ4v) is 4.64. The molecule has 3 unspecified atom stereocenters. The number of aromatic nitrogens is 1. The lowest BCUT2D eigenvalue weighted by molar-refractivity contribution is -0.143. The van der Waals surface area contributed by atoms with Crippen LogP contribution in [0.1, 0.15) is 49.8 Å². The average Bonchev–Trinajstić information content (AvgIpc) is 3.15. The molecule has 3 atom stereocenters. The number of aryl methyl sites for hydroxylation is 1. The number of hydrogen-bond acceptors (Lipinski definition) is 2. The Balaban J connectivity index is 1.72. The number of nitrogens with one attached hydrogen (secondary N) is 1. The van der Waals surface area contributed by atoms with Gasteiger partial charge in [-0.1, -0.05) is 37.3 Å². The number of H-pyrrole nitrogens is 1. The van der Waals surface area contributed by atoms with Crippen LogP contribution in [-0.4, -0.2) is 41.1 Å². The molecule has 3 aromatic rings. The first kappa shape index (κ1) is 20.6. The number of ether oxygens (including phenoxy) is 1. The Kier molecular flexibility index (Phi) is 5.91. The number of carbonyl (C=O) groups excluding carboxylic acids is 1. The second kappa shape index (κ2) is 8.60. The Hall–Kier alpha value is -2.66. The summed E-state index contributed by atoms with van der Waals surface area (Å²) in [5.41, 5.74) is 4.19. The van der Waals surface area contributed by atoms with Gasteiger partial charge in [-0.2, -0.15) is 0 Å². The van der Waals surface area contributed by atoms with Gasteiger partial charge in [0.2, 0.25) is 5.91 Å². The highest BCUT2D eigenvalue weighted by Gasteiger charge is 2.29. The lowest BCUT2D eigenvalue weighted by Crippen LogP contribution is -2.48. The Morgan fingerprint density at radius 1 is 1.20 bits per heavy atom. The predicted molar refractivity (Wildman–Crippen MR) is 117 cm³/mol. The van der Waals surface area contributed by atoms with Gasteiger partial charge in [0.15, 0.2) is 0 Å². The zero-order valence-corrected chi connectivity index (χ0v) is 17.8. The first-order valence-electron chi connectivity index (χ1n) is 10.7. The van der Waals surface area contributed by atoms with Gasteiger partial charge in [0, 0.05) is 42.5 Å². The number of rotatable bonds is 5. The first-order valence-corrected chi connectivity index (χ1v) is 10.7. The van der Waals surface area contributed by atoms with E-state index in [9.17, 15) is 9.18 Å². The van der Waals surface area contributed by atoms with E-state index in [-0.39, 0.29) is 29.9 Å². The van der Waals surface area contributed by atoms with Gasteiger partial charge in [-0.25, -0.2) is 4.39 Å². The molecule has 5 heteroatoms. The minimum atomic E-state index is -0.285. The number of morpholine rings is 1. The summed E-state index contributed by atoms with van der Waals surface area (Å²) >= 11 is 0. The number of halogens is 1. The quantitative estimate of drug-likeness (QED) is 0.644. The van der Waals surface area contributed by atoms with E-state index in [2.05, 4.69) is 24.0 Å². The lowest BCUT2D eigenvalue weighted by Gasteiger charge is -2.36. The number of amides is 1. The highest BCUT2D eigenvalue weighted by Crippen LogP contribution is 2.35. The van der Waals surface area contributed by atoms with Gasteiger partial charge < -0.3 is 14.6 Å². The number of aromatic amines is 1. The van der Waals surface area contributed by atoms with Crippen LogP contribution in [0, 0.1) is 5.82 Å². The van der Waals surface area contributed by atoms with Gasteiger partial charge in [-0.05, 0) is 49.1 Å². The molecule has 0 radical (unpaired) electrons. The Bertz CT molecular complexity index is 1030. The molecule has 1 amide bonds. The van der Waals surface area contributed by atoms with E-state index in [1.54, 1.807) is 12.1 Å². The maximum absolute atomic E-state index is 14.1. The maximum atomic E-state index is 14.1. The third-order valence-electron chi connectivity index (χ3n) is 5.99. The Labute approximate surface area is 177 Å². The second-order valence-electron chi connectivity index (χ2n) is 8.31. The number of para-hydroxylation sites is 1. The minimum absolute atomic E-state index is 0.0190. The van der Waals surface area contributed by atoms with Crippen molar-refractivity contribution in [3.05, 3.63) is 71.2 Å². The summed E-state index contributed by atoms with van der Waals surface area (Å²) in [6.07, 6.45) is 3.24. The number of carbonyl (C=O) groups is 1. The van der Waals surface area contributed by atoms with Crippen LogP contribution in [0.15, 0.2) is 48.7 Å². The fraction of sp³-hybridized carbons (Fsp3) is 0.400. The summed E-state index contributed by atoms with van der Waals surface area (Å²) in [5.74, 6) is -0.428. The number of nitrogens with zero attached hydrogens (tertiary/aromatic N) is 1. The highest BCUT2D eigenvalue weighted by molar-refractivity contribution is 5.88. The van der Waals surface area contributed by atoms with E-state index in [0.717, 1.165) is 28.5 Å². The van der Waals surface area contributed by atoms with Crippen molar-refractivity contribution < 1.29 is 13.9 Å². The number of fused-ring (bicyclic) bond motifs is 1. The molecule has 4 nitrogen and oxygen atoms in total. The van der Waals surface area contributed by atoms with E-state index in [1.165, 1.54) is 11.6 Å². The van der Waals surface area contributed by atoms with Crippen LogP contribution in [-0.2, 0) is 16.0 Å².